The van der Waals surface area contributed by atoms with Gasteiger partial charge in [-0.15, -0.1) is 11.3 Å². The van der Waals surface area contributed by atoms with Crippen LogP contribution in [0.1, 0.15) is 36.7 Å². The van der Waals surface area contributed by atoms with E-state index in [1.807, 2.05) is 17.2 Å². The Balaban J connectivity index is 1.33. The Morgan fingerprint density at radius 3 is 2.54 bits per heavy atom. The van der Waals surface area contributed by atoms with Gasteiger partial charge >= 0.3 is 0 Å². The molecular weight excluding hydrogens is 376 g/mol. The predicted molar refractivity (Wildman–Crippen MR) is 112 cm³/mol. The van der Waals surface area contributed by atoms with E-state index in [2.05, 4.69) is 25.4 Å². The van der Waals surface area contributed by atoms with Crippen molar-refractivity contribution in [1.82, 2.24) is 25.0 Å². The van der Waals surface area contributed by atoms with E-state index in [1.54, 1.807) is 0 Å². The first-order valence-electron chi connectivity index (χ1n) is 10.4. The molecule has 1 aromatic heterocycles. The monoisotopic (exact) mass is 408 g/mol. The molecule has 3 heterocycles. The van der Waals surface area contributed by atoms with E-state index in [1.165, 1.54) is 30.6 Å². The van der Waals surface area contributed by atoms with Crippen molar-refractivity contribution in [3.63, 3.8) is 0 Å². The molecule has 1 aromatic rings. The third-order valence-corrected chi connectivity index (χ3v) is 6.08. The topological polar surface area (TPSA) is 80.8 Å². The Bertz CT molecular complexity index is 638. The summed E-state index contributed by atoms with van der Waals surface area (Å²) in [6, 6.07) is 0. The van der Waals surface area contributed by atoms with Gasteiger partial charge in [-0.3, -0.25) is 14.5 Å². The molecule has 3 rings (SSSR count). The van der Waals surface area contributed by atoms with E-state index in [4.69, 9.17) is 0 Å². The van der Waals surface area contributed by atoms with Crippen molar-refractivity contribution in [2.45, 2.75) is 26.2 Å². The van der Waals surface area contributed by atoms with Crippen molar-refractivity contribution >= 4 is 28.3 Å². The maximum absolute atomic E-state index is 12.6. The van der Waals surface area contributed by atoms with Crippen LogP contribution in [0.2, 0.25) is 0 Å². The highest BCUT2D eigenvalue weighted by molar-refractivity contribution is 7.13. The largest absolute Gasteiger partial charge is 0.362 e. The number of hydrogen-bond donors (Lipinski definition) is 2. The lowest BCUT2D eigenvalue weighted by Crippen LogP contribution is -2.51. The molecule has 0 aromatic carbocycles. The Morgan fingerprint density at radius 1 is 1.07 bits per heavy atom. The molecule has 0 spiro atoms. The first-order chi connectivity index (χ1) is 13.7. The summed E-state index contributed by atoms with van der Waals surface area (Å²) in [6.45, 7) is 9.87. The molecule has 0 unspecified atom stereocenters. The number of likely N-dealkylation sites (tertiary alicyclic amines) is 1. The number of carbonyl (C=O) groups excluding carboxylic acids is 2. The summed E-state index contributed by atoms with van der Waals surface area (Å²) in [4.78, 5) is 35.5. The van der Waals surface area contributed by atoms with Crippen molar-refractivity contribution in [3.05, 3.63) is 11.1 Å². The van der Waals surface area contributed by atoms with Crippen LogP contribution in [0.25, 0.3) is 0 Å². The summed E-state index contributed by atoms with van der Waals surface area (Å²) >= 11 is 1.46. The average molecular weight is 409 g/mol. The summed E-state index contributed by atoms with van der Waals surface area (Å²) in [7, 11) is 0. The van der Waals surface area contributed by atoms with Crippen LogP contribution < -0.4 is 10.6 Å². The zero-order valence-corrected chi connectivity index (χ0v) is 17.6. The highest BCUT2D eigenvalue weighted by atomic mass is 32.1. The SMILES string of the molecule is CCNc1nc(C(=O)N2CCN(CC(=O)NCCN3CCCCC3)CC2)cs1. The maximum atomic E-state index is 12.6. The molecule has 2 aliphatic rings. The lowest BCUT2D eigenvalue weighted by atomic mass is 10.1. The van der Waals surface area contributed by atoms with Crippen molar-refractivity contribution < 1.29 is 9.59 Å². The van der Waals surface area contributed by atoms with Gasteiger partial charge in [0.05, 0.1) is 6.54 Å². The standard InChI is InChI=1S/C19H32N6O2S/c1-2-20-19-22-16(15-28-19)18(27)25-12-10-24(11-13-25)14-17(26)21-6-9-23-7-4-3-5-8-23/h15H,2-14H2,1H3,(H,20,22)(H,21,26). The van der Waals surface area contributed by atoms with Crippen LogP contribution in [0.5, 0.6) is 0 Å². The van der Waals surface area contributed by atoms with Gasteiger partial charge in [-0.1, -0.05) is 6.42 Å². The van der Waals surface area contributed by atoms with Crippen molar-refractivity contribution in [2.75, 3.05) is 70.8 Å². The molecule has 2 fully saturated rings. The fraction of sp³-hybridized carbons (Fsp3) is 0.737. The second-order valence-corrected chi connectivity index (χ2v) is 8.25. The molecule has 2 aliphatic heterocycles. The van der Waals surface area contributed by atoms with E-state index in [0.29, 0.717) is 25.3 Å². The zero-order chi connectivity index (χ0) is 19.8. The van der Waals surface area contributed by atoms with E-state index < -0.39 is 0 Å². The van der Waals surface area contributed by atoms with Crippen molar-refractivity contribution in [3.8, 4) is 0 Å². The van der Waals surface area contributed by atoms with Gasteiger partial charge in [0.25, 0.3) is 5.91 Å². The van der Waals surface area contributed by atoms with Crippen LogP contribution in [0, 0.1) is 0 Å². The quantitative estimate of drug-likeness (QED) is 0.666. The van der Waals surface area contributed by atoms with Gasteiger partial charge in [-0.25, -0.2) is 4.98 Å². The number of carbonyl (C=O) groups is 2. The van der Waals surface area contributed by atoms with Crippen LogP contribution in [0.4, 0.5) is 5.13 Å². The highest BCUT2D eigenvalue weighted by Crippen LogP contribution is 2.17. The fourth-order valence-electron chi connectivity index (χ4n) is 3.67. The number of piperidine rings is 1. The lowest BCUT2D eigenvalue weighted by Gasteiger charge is -2.34. The summed E-state index contributed by atoms with van der Waals surface area (Å²) in [5.41, 5.74) is 0.504. The van der Waals surface area contributed by atoms with Crippen LogP contribution in [0.15, 0.2) is 5.38 Å². The Hall–Kier alpha value is -1.71. The Labute approximate surface area is 171 Å². The summed E-state index contributed by atoms with van der Waals surface area (Å²) in [6.07, 6.45) is 3.87. The normalized spacial score (nSPS) is 18.8. The van der Waals surface area contributed by atoms with Crippen LogP contribution in [-0.4, -0.2) is 96.9 Å². The number of thiazole rings is 1. The summed E-state index contributed by atoms with van der Waals surface area (Å²) in [5.74, 6) is 0.0533. The molecule has 2 N–H and O–H groups in total. The fourth-order valence-corrected chi connectivity index (χ4v) is 4.43. The van der Waals surface area contributed by atoms with E-state index in [-0.39, 0.29) is 11.8 Å². The van der Waals surface area contributed by atoms with Gasteiger partial charge < -0.3 is 20.4 Å². The van der Waals surface area contributed by atoms with E-state index in [0.717, 1.165) is 50.9 Å². The van der Waals surface area contributed by atoms with Crippen LogP contribution in [-0.2, 0) is 4.79 Å². The predicted octanol–water partition coefficient (Wildman–Crippen LogP) is 0.935. The van der Waals surface area contributed by atoms with Gasteiger partial charge in [-0.05, 0) is 32.9 Å². The Morgan fingerprint density at radius 2 is 1.82 bits per heavy atom. The number of rotatable bonds is 8. The van der Waals surface area contributed by atoms with Gasteiger partial charge in [-0.2, -0.15) is 0 Å². The third-order valence-electron chi connectivity index (χ3n) is 5.28. The van der Waals surface area contributed by atoms with Crippen LogP contribution >= 0.6 is 11.3 Å². The number of nitrogens with zero attached hydrogens (tertiary/aromatic N) is 4. The van der Waals surface area contributed by atoms with E-state index in [9.17, 15) is 9.59 Å². The molecule has 0 atom stereocenters. The van der Waals surface area contributed by atoms with Crippen LogP contribution in [0.3, 0.4) is 0 Å². The number of piperazine rings is 1. The molecule has 8 nitrogen and oxygen atoms in total. The molecule has 156 valence electrons. The molecule has 9 heteroatoms. The summed E-state index contributed by atoms with van der Waals surface area (Å²) < 4.78 is 0. The number of amides is 2. The zero-order valence-electron chi connectivity index (χ0n) is 16.8. The molecule has 0 aliphatic carbocycles. The second kappa shape index (κ2) is 10.7. The van der Waals surface area contributed by atoms with Gasteiger partial charge in [0.2, 0.25) is 5.91 Å². The number of hydrogen-bond acceptors (Lipinski definition) is 7. The van der Waals surface area contributed by atoms with Gasteiger partial charge in [0, 0.05) is 51.2 Å². The third kappa shape index (κ3) is 6.15. The molecule has 0 radical (unpaired) electrons. The first kappa shape index (κ1) is 21.0. The molecule has 0 saturated carbocycles. The van der Waals surface area contributed by atoms with Gasteiger partial charge in [0.1, 0.15) is 5.69 Å². The Kier molecular flexibility index (Phi) is 8.05. The van der Waals surface area contributed by atoms with Gasteiger partial charge in [0.15, 0.2) is 5.13 Å². The number of anilines is 1. The molecule has 0 bridgehead atoms. The molecule has 2 amide bonds. The average Bonchev–Trinajstić information content (AvgIpc) is 3.18. The summed E-state index contributed by atoms with van der Waals surface area (Å²) in [5, 5.41) is 8.76. The highest BCUT2D eigenvalue weighted by Gasteiger charge is 2.24. The second-order valence-electron chi connectivity index (χ2n) is 7.39. The lowest BCUT2D eigenvalue weighted by molar-refractivity contribution is -0.122. The minimum Gasteiger partial charge on any atom is -0.362 e. The first-order valence-corrected chi connectivity index (χ1v) is 11.2. The minimum atomic E-state index is -0.0222. The minimum absolute atomic E-state index is 0.0222. The van der Waals surface area contributed by atoms with Crippen molar-refractivity contribution in [2.24, 2.45) is 0 Å². The molecular formula is C19H32N6O2S. The molecule has 28 heavy (non-hydrogen) atoms. The smallest absolute Gasteiger partial charge is 0.273 e. The maximum Gasteiger partial charge on any atom is 0.273 e. The van der Waals surface area contributed by atoms with E-state index >= 15 is 0 Å². The number of nitrogens with one attached hydrogen (secondary N) is 2. The van der Waals surface area contributed by atoms with Crippen molar-refractivity contribution in [1.29, 1.82) is 0 Å². The number of aromatic nitrogens is 1. The molecule has 2 saturated heterocycles.